The quantitative estimate of drug-likeness (QED) is 0.444. The molecule has 0 bridgehead atoms. The Hall–Kier alpha value is -1.58. The van der Waals surface area contributed by atoms with Crippen molar-refractivity contribution in [2.75, 3.05) is 20.1 Å². The maximum absolute atomic E-state index is 5.29. The SMILES string of the molecule is CN=C(NCc1nc(-c2ccco2)n[nH]1)N1CCCC(C)C1.I. The molecule has 23 heavy (non-hydrogen) atoms. The van der Waals surface area contributed by atoms with Crippen molar-refractivity contribution in [3.05, 3.63) is 24.2 Å². The maximum Gasteiger partial charge on any atom is 0.216 e. The molecule has 0 radical (unpaired) electrons. The molecule has 2 aromatic heterocycles. The molecule has 1 fully saturated rings. The first-order chi connectivity index (χ1) is 10.8. The number of hydrogen-bond donors (Lipinski definition) is 2. The van der Waals surface area contributed by atoms with Crippen LogP contribution in [0.25, 0.3) is 11.6 Å². The van der Waals surface area contributed by atoms with E-state index < -0.39 is 0 Å². The lowest BCUT2D eigenvalue weighted by Gasteiger charge is -2.33. The number of aliphatic imine (C=N–C) groups is 1. The first-order valence-corrected chi connectivity index (χ1v) is 7.67. The molecule has 1 aliphatic heterocycles. The summed E-state index contributed by atoms with van der Waals surface area (Å²) in [5.41, 5.74) is 0. The molecule has 8 heteroatoms. The molecule has 2 N–H and O–H groups in total. The Bertz CT molecular complexity index is 624. The number of nitrogens with one attached hydrogen (secondary N) is 2. The maximum atomic E-state index is 5.29. The van der Waals surface area contributed by atoms with Crippen molar-refractivity contribution in [3.63, 3.8) is 0 Å². The average Bonchev–Trinajstić information content (AvgIpc) is 3.19. The van der Waals surface area contributed by atoms with Crippen molar-refractivity contribution in [1.82, 2.24) is 25.4 Å². The van der Waals surface area contributed by atoms with E-state index in [9.17, 15) is 0 Å². The molecule has 0 amide bonds. The van der Waals surface area contributed by atoms with Crippen molar-refractivity contribution in [2.45, 2.75) is 26.3 Å². The lowest BCUT2D eigenvalue weighted by Crippen LogP contribution is -2.46. The number of piperidine rings is 1. The second-order valence-electron chi connectivity index (χ2n) is 5.68. The zero-order valence-electron chi connectivity index (χ0n) is 13.5. The summed E-state index contributed by atoms with van der Waals surface area (Å²) in [6.45, 7) is 4.95. The van der Waals surface area contributed by atoms with Gasteiger partial charge in [0.15, 0.2) is 11.7 Å². The highest BCUT2D eigenvalue weighted by atomic mass is 127. The van der Waals surface area contributed by atoms with Gasteiger partial charge in [-0.05, 0) is 30.9 Å². The molecular formula is C15H23IN6O. The zero-order valence-corrected chi connectivity index (χ0v) is 15.8. The molecule has 1 aliphatic rings. The average molecular weight is 430 g/mol. The molecule has 3 heterocycles. The van der Waals surface area contributed by atoms with Crippen LogP contribution < -0.4 is 5.32 Å². The summed E-state index contributed by atoms with van der Waals surface area (Å²) >= 11 is 0. The van der Waals surface area contributed by atoms with Gasteiger partial charge in [0.05, 0.1) is 12.8 Å². The number of halogens is 1. The van der Waals surface area contributed by atoms with Gasteiger partial charge in [0.25, 0.3) is 0 Å². The number of rotatable bonds is 3. The molecule has 0 spiro atoms. The number of guanidine groups is 1. The van der Waals surface area contributed by atoms with Crippen LogP contribution in [0.3, 0.4) is 0 Å². The van der Waals surface area contributed by atoms with E-state index in [4.69, 9.17) is 4.42 Å². The third-order valence-electron chi connectivity index (χ3n) is 3.86. The van der Waals surface area contributed by atoms with Gasteiger partial charge in [0, 0.05) is 20.1 Å². The van der Waals surface area contributed by atoms with Crippen LogP contribution in [0.2, 0.25) is 0 Å². The summed E-state index contributed by atoms with van der Waals surface area (Å²) in [5.74, 6) is 3.63. The van der Waals surface area contributed by atoms with Crippen molar-refractivity contribution in [3.8, 4) is 11.6 Å². The van der Waals surface area contributed by atoms with Crippen molar-refractivity contribution >= 4 is 29.9 Å². The number of likely N-dealkylation sites (tertiary alicyclic amines) is 1. The van der Waals surface area contributed by atoms with E-state index in [-0.39, 0.29) is 24.0 Å². The van der Waals surface area contributed by atoms with E-state index in [1.165, 1.54) is 12.8 Å². The van der Waals surface area contributed by atoms with Crippen LogP contribution in [0, 0.1) is 5.92 Å². The molecule has 126 valence electrons. The molecule has 0 aliphatic carbocycles. The second-order valence-corrected chi connectivity index (χ2v) is 5.68. The Morgan fingerprint density at radius 3 is 3.13 bits per heavy atom. The van der Waals surface area contributed by atoms with Gasteiger partial charge < -0.3 is 14.6 Å². The highest BCUT2D eigenvalue weighted by Gasteiger charge is 2.19. The third-order valence-corrected chi connectivity index (χ3v) is 3.86. The monoisotopic (exact) mass is 430 g/mol. The first-order valence-electron chi connectivity index (χ1n) is 7.67. The summed E-state index contributed by atoms with van der Waals surface area (Å²) < 4.78 is 5.29. The molecule has 1 unspecified atom stereocenters. The van der Waals surface area contributed by atoms with E-state index >= 15 is 0 Å². The third kappa shape index (κ3) is 4.46. The van der Waals surface area contributed by atoms with Crippen LogP contribution in [0.15, 0.2) is 27.8 Å². The summed E-state index contributed by atoms with van der Waals surface area (Å²) in [6.07, 6.45) is 4.12. The van der Waals surface area contributed by atoms with E-state index in [1.54, 1.807) is 6.26 Å². The van der Waals surface area contributed by atoms with E-state index in [2.05, 4.69) is 37.3 Å². The zero-order chi connectivity index (χ0) is 15.4. The highest BCUT2D eigenvalue weighted by molar-refractivity contribution is 14.0. The van der Waals surface area contributed by atoms with Crippen molar-refractivity contribution < 1.29 is 4.42 Å². The molecule has 0 aromatic carbocycles. The predicted molar refractivity (Wildman–Crippen MR) is 99.7 cm³/mol. The largest absolute Gasteiger partial charge is 0.461 e. The van der Waals surface area contributed by atoms with Crippen molar-refractivity contribution in [1.29, 1.82) is 0 Å². The molecular weight excluding hydrogens is 407 g/mol. The Morgan fingerprint density at radius 2 is 2.43 bits per heavy atom. The van der Waals surface area contributed by atoms with Crippen LogP contribution in [0.5, 0.6) is 0 Å². The Kier molecular flexibility index (Phi) is 6.43. The standard InChI is InChI=1S/C15H22N6O.HI/c1-11-5-3-7-21(10-11)15(16-2)17-9-13-18-14(20-19-13)12-6-4-8-22-12;/h4,6,8,11H,3,5,7,9-10H2,1-2H3,(H,16,17)(H,18,19,20);1H. The van der Waals surface area contributed by atoms with E-state index in [0.717, 1.165) is 24.9 Å². The lowest BCUT2D eigenvalue weighted by atomic mass is 10.0. The summed E-state index contributed by atoms with van der Waals surface area (Å²) in [4.78, 5) is 11.1. The van der Waals surface area contributed by atoms with E-state index in [1.807, 2.05) is 19.2 Å². The van der Waals surface area contributed by atoms with Crippen LogP contribution in [0.4, 0.5) is 0 Å². The van der Waals surface area contributed by atoms with Crippen LogP contribution in [-0.2, 0) is 6.54 Å². The summed E-state index contributed by atoms with van der Waals surface area (Å²) in [6, 6.07) is 3.66. The molecule has 1 atom stereocenters. The number of furan rings is 1. The van der Waals surface area contributed by atoms with Gasteiger partial charge in [-0.15, -0.1) is 29.1 Å². The Balaban J connectivity index is 0.00000192. The normalized spacial score (nSPS) is 18.6. The number of hydrogen-bond acceptors (Lipinski definition) is 4. The Labute approximate surface area is 153 Å². The van der Waals surface area contributed by atoms with Gasteiger partial charge in [-0.1, -0.05) is 6.92 Å². The van der Waals surface area contributed by atoms with Gasteiger partial charge in [-0.2, -0.15) is 0 Å². The number of aromatic nitrogens is 3. The van der Waals surface area contributed by atoms with Gasteiger partial charge in [-0.25, -0.2) is 4.98 Å². The molecule has 0 saturated carbocycles. The van der Waals surface area contributed by atoms with Crippen LogP contribution in [-0.4, -0.2) is 46.2 Å². The highest BCUT2D eigenvalue weighted by Crippen LogP contribution is 2.16. The van der Waals surface area contributed by atoms with Gasteiger partial charge in [-0.3, -0.25) is 10.1 Å². The fourth-order valence-electron chi connectivity index (χ4n) is 2.77. The molecule has 1 saturated heterocycles. The summed E-state index contributed by atoms with van der Waals surface area (Å²) in [5, 5.41) is 10.4. The second kappa shape index (κ2) is 8.32. The minimum absolute atomic E-state index is 0. The van der Waals surface area contributed by atoms with Crippen LogP contribution in [0.1, 0.15) is 25.6 Å². The molecule has 7 nitrogen and oxygen atoms in total. The van der Waals surface area contributed by atoms with Gasteiger partial charge in [0.1, 0.15) is 5.82 Å². The molecule has 3 rings (SSSR count). The molecule has 2 aromatic rings. The number of nitrogens with zero attached hydrogens (tertiary/aromatic N) is 4. The number of aromatic amines is 1. The van der Waals surface area contributed by atoms with Crippen molar-refractivity contribution in [2.24, 2.45) is 10.9 Å². The van der Waals surface area contributed by atoms with E-state index in [0.29, 0.717) is 24.0 Å². The van der Waals surface area contributed by atoms with Gasteiger partial charge in [0.2, 0.25) is 5.82 Å². The first kappa shape index (κ1) is 17.8. The Morgan fingerprint density at radius 1 is 1.57 bits per heavy atom. The fraction of sp³-hybridized carbons (Fsp3) is 0.533. The predicted octanol–water partition coefficient (Wildman–Crippen LogP) is 2.49. The number of H-pyrrole nitrogens is 1. The lowest BCUT2D eigenvalue weighted by molar-refractivity contribution is 0.266. The van der Waals surface area contributed by atoms with Crippen LogP contribution >= 0.6 is 24.0 Å². The minimum atomic E-state index is 0. The minimum Gasteiger partial charge on any atom is -0.461 e. The smallest absolute Gasteiger partial charge is 0.216 e. The van der Waals surface area contributed by atoms with Gasteiger partial charge >= 0.3 is 0 Å². The fourth-order valence-corrected chi connectivity index (χ4v) is 2.77. The topological polar surface area (TPSA) is 82.3 Å². The summed E-state index contributed by atoms with van der Waals surface area (Å²) in [7, 11) is 1.82.